The first-order valence-electron chi connectivity index (χ1n) is 8.36. The molecule has 0 saturated carbocycles. The summed E-state index contributed by atoms with van der Waals surface area (Å²) in [7, 11) is 1.65. The van der Waals surface area contributed by atoms with E-state index in [0.717, 1.165) is 41.0 Å². The van der Waals surface area contributed by atoms with E-state index in [2.05, 4.69) is 12.1 Å². The number of aryl methyl sites for hydroxylation is 1. The fourth-order valence-corrected chi connectivity index (χ4v) is 3.22. The van der Waals surface area contributed by atoms with Gasteiger partial charge in [-0.15, -0.1) is 0 Å². The molecule has 1 aliphatic heterocycles. The van der Waals surface area contributed by atoms with Crippen molar-refractivity contribution in [2.45, 2.75) is 19.8 Å². The maximum atomic E-state index is 11.0. The number of primary amides is 1. The summed E-state index contributed by atoms with van der Waals surface area (Å²) >= 11 is 0. The molecule has 5 heteroatoms. The standard InChI is InChI=1S/C20H23NO4/c1-13-6-7-17(24-12-19(21)22)16(8-13)10-14-9-15-4-3-5-18(23-2)20(15)25-11-14/h3-8,14H,9-12H2,1-2H3,(H2,21,22)/t14-/m1/s1. The molecule has 0 aliphatic carbocycles. The fraction of sp³-hybridized carbons (Fsp3) is 0.350. The number of hydrogen-bond acceptors (Lipinski definition) is 4. The van der Waals surface area contributed by atoms with E-state index in [0.29, 0.717) is 18.3 Å². The molecule has 1 atom stereocenters. The number of hydrogen-bond donors (Lipinski definition) is 1. The van der Waals surface area contributed by atoms with Gasteiger partial charge in [-0.2, -0.15) is 0 Å². The molecule has 1 heterocycles. The molecule has 0 spiro atoms. The van der Waals surface area contributed by atoms with E-state index in [9.17, 15) is 4.79 Å². The Bertz CT molecular complexity index is 772. The number of rotatable bonds is 6. The van der Waals surface area contributed by atoms with Crippen LogP contribution in [-0.4, -0.2) is 26.2 Å². The van der Waals surface area contributed by atoms with E-state index >= 15 is 0 Å². The smallest absolute Gasteiger partial charge is 0.255 e. The number of amides is 1. The summed E-state index contributed by atoms with van der Waals surface area (Å²) in [6, 6.07) is 11.9. The van der Waals surface area contributed by atoms with Crippen LogP contribution >= 0.6 is 0 Å². The highest BCUT2D eigenvalue weighted by Gasteiger charge is 2.24. The molecular formula is C20H23NO4. The van der Waals surface area contributed by atoms with Crippen molar-refractivity contribution in [1.82, 2.24) is 0 Å². The Morgan fingerprint density at radius 1 is 1.28 bits per heavy atom. The van der Waals surface area contributed by atoms with Crippen molar-refractivity contribution in [3.05, 3.63) is 53.1 Å². The second-order valence-electron chi connectivity index (χ2n) is 6.40. The minimum absolute atomic E-state index is 0.114. The van der Waals surface area contributed by atoms with E-state index in [1.54, 1.807) is 7.11 Å². The van der Waals surface area contributed by atoms with Crippen LogP contribution in [0.3, 0.4) is 0 Å². The topological polar surface area (TPSA) is 70.8 Å². The predicted octanol–water partition coefficient (Wildman–Crippen LogP) is 2.66. The van der Waals surface area contributed by atoms with Gasteiger partial charge in [0.25, 0.3) is 5.91 Å². The molecule has 3 rings (SSSR count). The Morgan fingerprint density at radius 2 is 2.12 bits per heavy atom. The van der Waals surface area contributed by atoms with Gasteiger partial charge in [0.05, 0.1) is 13.7 Å². The summed E-state index contributed by atoms with van der Waals surface area (Å²) < 4.78 is 16.9. The van der Waals surface area contributed by atoms with Crippen LogP contribution in [0.25, 0.3) is 0 Å². The lowest BCUT2D eigenvalue weighted by molar-refractivity contribution is -0.119. The Hall–Kier alpha value is -2.69. The molecule has 0 radical (unpaired) electrons. The first kappa shape index (κ1) is 17.1. The maximum absolute atomic E-state index is 11.0. The molecule has 5 nitrogen and oxygen atoms in total. The Kier molecular flexibility index (Phi) is 5.12. The van der Waals surface area contributed by atoms with Crippen LogP contribution in [0.15, 0.2) is 36.4 Å². The van der Waals surface area contributed by atoms with Crippen molar-refractivity contribution in [1.29, 1.82) is 0 Å². The molecule has 2 aromatic rings. The largest absolute Gasteiger partial charge is 0.493 e. The number of para-hydroxylation sites is 1. The molecule has 0 unspecified atom stereocenters. The Labute approximate surface area is 147 Å². The zero-order chi connectivity index (χ0) is 17.8. The van der Waals surface area contributed by atoms with Gasteiger partial charge in [0.15, 0.2) is 18.1 Å². The summed E-state index contributed by atoms with van der Waals surface area (Å²) in [4.78, 5) is 11.0. The first-order valence-corrected chi connectivity index (χ1v) is 8.36. The molecule has 132 valence electrons. The average molecular weight is 341 g/mol. The predicted molar refractivity (Wildman–Crippen MR) is 95.3 cm³/mol. The van der Waals surface area contributed by atoms with E-state index in [-0.39, 0.29) is 6.61 Å². The maximum Gasteiger partial charge on any atom is 0.255 e. The molecule has 2 N–H and O–H groups in total. The molecule has 0 aromatic heterocycles. The van der Waals surface area contributed by atoms with Crippen molar-refractivity contribution < 1.29 is 19.0 Å². The molecule has 0 saturated heterocycles. The second kappa shape index (κ2) is 7.47. The molecule has 1 aliphatic rings. The van der Waals surface area contributed by atoms with Gasteiger partial charge in [-0.1, -0.05) is 29.8 Å². The third-order valence-corrected chi connectivity index (χ3v) is 4.35. The number of fused-ring (bicyclic) bond motifs is 1. The van der Waals surface area contributed by atoms with Gasteiger partial charge in [-0.05, 0) is 43.0 Å². The molecule has 0 fully saturated rings. The van der Waals surface area contributed by atoms with Crippen molar-refractivity contribution in [2.24, 2.45) is 11.7 Å². The third kappa shape index (κ3) is 4.05. The van der Waals surface area contributed by atoms with Gasteiger partial charge in [0.1, 0.15) is 5.75 Å². The van der Waals surface area contributed by atoms with Gasteiger partial charge in [-0.3, -0.25) is 4.79 Å². The average Bonchev–Trinajstić information content (AvgIpc) is 2.60. The zero-order valence-corrected chi connectivity index (χ0v) is 14.6. The van der Waals surface area contributed by atoms with Crippen LogP contribution in [0, 0.1) is 12.8 Å². The summed E-state index contributed by atoms with van der Waals surface area (Å²) in [5, 5.41) is 0. The summed E-state index contributed by atoms with van der Waals surface area (Å²) in [6.07, 6.45) is 1.72. The summed E-state index contributed by atoms with van der Waals surface area (Å²) in [6.45, 7) is 2.55. The molecule has 25 heavy (non-hydrogen) atoms. The first-order chi connectivity index (χ1) is 12.1. The Morgan fingerprint density at radius 3 is 2.88 bits per heavy atom. The monoisotopic (exact) mass is 341 g/mol. The number of benzene rings is 2. The molecule has 0 bridgehead atoms. The quantitative estimate of drug-likeness (QED) is 0.877. The zero-order valence-electron chi connectivity index (χ0n) is 14.6. The van der Waals surface area contributed by atoms with Gasteiger partial charge >= 0.3 is 0 Å². The van der Waals surface area contributed by atoms with E-state index in [1.165, 1.54) is 0 Å². The number of carbonyl (C=O) groups excluding carboxylic acids is 1. The van der Waals surface area contributed by atoms with Crippen molar-refractivity contribution in [2.75, 3.05) is 20.3 Å². The number of methoxy groups -OCH3 is 1. The van der Waals surface area contributed by atoms with Crippen LogP contribution in [0.4, 0.5) is 0 Å². The van der Waals surface area contributed by atoms with Crippen LogP contribution in [0.2, 0.25) is 0 Å². The fourth-order valence-electron chi connectivity index (χ4n) is 3.22. The third-order valence-electron chi connectivity index (χ3n) is 4.35. The second-order valence-corrected chi connectivity index (χ2v) is 6.40. The van der Waals surface area contributed by atoms with Crippen LogP contribution in [-0.2, 0) is 17.6 Å². The highest BCUT2D eigenvalue weighted by molar-refractivity contribution is 5.75. The number of nitrogens with two attached hydrogens (primary N) is 1. The van der Waals surface area contributed by atoms with Crippen molar-refractivity contribution >= 4 is 5.91 Å². The SMILES string of the molecule is COc1cccc2c1OC[C@@H](Cc1cc(C)ccc1OCC(N)=O)C2. The number of carbonyl (C=O) groups is 1. The van der Waals surface area contributed by atoms with Crippen LogP contribution in [0.5, 0.6) is 17.2 Å². The Balaban J connectivity index is 1.76. The normalized spacial score (nSPS) is 15.8. The summed E-state index contributed by atoms with van der Waals surface area (Å²) in [5.74, 6) is 2.18. The lowest BCUT2D eigenvalue weighted by Gasteiger charge is -2.27. The van der Waals surface area contributed by atoms with E-state index in [1.807, 2.05) is 31.2 Å². The van der Waals surface area contributed by atoms with Gasteiger partial charge < -0.3 is 19.9 Å². The van der Waals surface area contributed by atoms with Crippen LogP contribution < -0.4 is 19.9 Å². The molecule has 1 amide bonds. The summed E-state index contributed by atoms with van der Waals surface area (Å²) in [5.41, 5.74) is 8.57. The number of ether oxygens (including phenoxy) is 3. The molecular weight excluding hydrogens is 318 g/mol. The minimum Gasteiger partial charge on any atom is -0.493 e. The lowest BCUT2D eigenvalue weighted by Crippen LogP contribution is -2.24. The highest BCUT2D eigenvalue weighted by atomic mass is 16.5. The molecule has 2 aromatic carbocycles. The van der Waals surface area contributed by atoms with Gasteiger partial charge in [0.2, 0.25) is 0 Å². The van der Waals surface area contributed by atoms with E-state index in [4.69, 9.17) is 19.9 Å². The highest BCUT2D eigenvalue weighted by Crippen LogP contribution is 2.37. The lowest BCUT2D eigenvalue weighted by atomic mass is 9.90. The minimum atomic E-state index is -0.478. The van der Waals surface area contributed by atoms with Crippen LogP contribution in [0.1, 0.15) is 16.7 Å². The van der Waals surface area contributed by atoms with Crippen molar-refractivity contribution in [3.63, 3.8) is 0 Å². The van der Waals surface area contributed by atoms with E-state index < -0.39 is 5.91 Å². The van der Waals surface area contributed by atoms with Gasteiger partial charge in [-0.25, -0.2) is 0 Å². The van der Waals surface area contributed by atoms with Crippen molar-refractivity contribution in [3.8, 4) is 17.2 Å². The van der Waals surface area contributed by atoms with Gasteiger partial charge in [0, 0.05) is 5.92 Å².